The molecule has 9 heteroatoms. The number of carbonyl (C=O) groups excluding carboxylic acids is 1. The third-order valence-corrected chi connectivity index (χ3v) is 5.57. The van der Waals surface area contributed by atoms with Crippen molar-refractivity contribution in [2.75, 3.05) is 21.0 Å². The molecular weight excluding hydrogens is 414 g/mol. The van der Waals surface area contributed by atoms with Gasteiger partial charge in [0, 0.05) is 18.2 Å². The summed E-state index contributed by atoms with van der Waals surface area (Å²) in [6.45, 7) is 1.42. The van der Waals surface area contributed by atoms with Crippen LogP contribution in [0, 0.1) is 0 Å². The van der Waals surface area contributed by atoms with E-state index in [0.717, 1.165) is 22.6 Å². The third kappa shape index (κ3) is 3.82. The molecule has 3 aromatic rings. The Hall–Kier alpha value is -3.72. The second-order valence-electron chi connectivity index (χ2n) is 7.48. The first kappa shape index (κ1) is 20.2. The van der Waals surface area contributed by atoms with Gasteiger partial charge in [0.25, 0.3) is 5.91 Å². The molecule has 1 aromatic heterocycles. The van der Waals surface area contributed by atoms with Crippen molar-refractivity contribution in [1.82, 2.24) is 15.1 Å². The summed E-state index contributed by atoms with van der Waals surface area (Å²) >= 11 is 0. The van der Waals surface area contributed by atoms with Crippen molar-refractivity contribution < 1.29 is 28.5 Å². The average Bonchev–Trinajstić information content (AvgIpc) is 3.48. The highest BCUT2D eigenvalue weighted by Crippen LogP contribution is 2.36. The number of methoxy groups -OCH3 is 2. The number of rotatable bonds is 6. The van der Waals surface area contributed by atoms with Crippen LogP contribution in [0.1, 0.15) is 33.4 Å². The van der Waals surface area contributed by atoms with E-state index in [4.69, 9.17) is 23.7 Å². The zero-order valence-electron chi connectivity index (χ0n) is 17.8. The van der Waals surface area contributed by atoms with E-state index in [9.17, 15) is 4.79 Å². The molecule has 0 fully saturated rings. The molecule has 3 heterocycles. The number of fused-ring (bicyclic) bond motifs is 2. The summed E-state index contributed by atoms with van der Waals surface area (Å²) in [7, 11) is 3.18. The second kappa shape index (κ2) is 8.43. The van der Waals surface area contributed by atoms with Crippen LogP contribution in [0.4, 0.5) is 0 Å². The Labute approximate surface area is 184 Å². The highest BCUT2D eigenvalue weighted by Gasteiger charge is 2.26. The lowest BCUT2D eigenvalue weighted by Gasteiger charge is -2.24. The molecule has 0 saturated heterocycles. The van der Waals surface area contributed by atoms with Crippen LogP contribution in [0.3, 0.4) is 0 Å². The lowest BCUT2D eigenvalue weighted by atomic mass is 10.1. The summed E-state index contributed by atoms with van der Waals surface area (Å²) in [5.41, 5.74) is 3.03. The molecule has 0 saturated carbocycles. The van der Waals surface area contributed by atoms with Crippen LogP contribution in [0.2, 0.25) is 0 Å². The van der Waals surface area contributed by atoms with Crippen molar-refractivity contribution in [2.24, 2.45) is 0 Å². The number of benzene rings is 2. The Balaban J connectivity index is 1.26. The molecule has 166 valence electrons. The third-order valence-electron chi connectivity index (χ3n) is 5.57. The Morgan fingerprint density at radius 3 is 2.84 bits per heavy atom. The van der Waals surface area contributed by atoms with E-state index in [1.807, 2.05) is 35.0 Å². The molecule has 0 radical (unpaired) electrons. The number of carbonyl (C=O) groups is 1. The maximum Gasteiger partial charge on any atom is 0.272 e. The molecule has 9 nitrogen and oxygen atoms in total. The van der Waals surface area contributed by atoms with Gasteiger partial charge in [-0.2, -0.15) is 5.10 Å². The smallest absolute Gasteiger partial charge is 0.272 e. The van der Waals surface area contributed by atoms with Gasteiger partial charge < -0.3 is 29.0 Å². The minimum atomic E-state index is -0.260. The van der Waals surface area contributed by atoms with Gasteiger partial charge in [-0.1, -0.05) is 6.07 Å². The van der Waals surface area contributed by atoms with Gasteiger partial charge in [-0.3, -0.25) is 9.48 Å². The van der Waals surface area contributed by atoms with Gasteiger partial charge in [0.15, 0.2) is 17.2 Å². The fourth-order valence-electron chi connectivity index (χ4n) is 3.82. The maximum atomic E-state index is 12.7. The number of aromatic nitrogens is 2. The lowest BCUT2D eigenvalue weighted by molar-refractivity contribution is -0.00128. The van der Waals surface area contributed by atoms with Gasteiger partial charge in [0.1, 0.15) is 17.6 Å². The Morgan fingerprint density at radius 2 is 2.00 bits per heavy atom. The van der Waals surface area contributed by atoms with Crippen molar-refractivity contribution in [3.05, 3.63) is 65.0 Å². The van der Waals surface area contributed by atoms with Crippen molar-refractivity contribution in [3.8, 4) is 23.0 Å². The molecule has 2 aliphatic rings. The van der Waals surface area contributed by atoms with Crippen LogP contribution in [0.5, 0.6) is 23.0 Å². The predicted octanol–water partition coefficient (Wildman–Crippen LogP) is 2.83. The molecule has 0 bridgehead atoms. The Kier molecular flexibility index (Phi) is 5.32. The normalized spacial score (nSPS) is 16.4. The molecule has 5 rings (SSSR count). The van der Waals surface area contributed by atoms with Crippen LogP contribution in [-0.4, -0.2) is 36.7 Å². The number of nitrogens with one attached hydrogen (secondary N) is 1. The maximum absolute atomic E-state index is 12.7. The highest BCUT2D eigenvalue weighted by atomic mass is 16.7. The molecule has 2 aromatic carbocycles. The van der Waals surface area contributed by atoms with Gasteiger partial charge in [-0.25, -0.2) is 0 Å². The fourth-order valence-corrected chi connectivity index (χ4v) is 3.82. The number of hydrogen-bond acceptors (Lipinski definition) is 7. The monoisotopic (exact) mass is 437 g/mol. The molecule has 0 spiro atoms. The number of nitrogens with zero attached hydrogens (tertiary/aromatic N) is 2. The molecule has 2 aliphatic heterocycles. The average molecular weight is 437 g/mol. The molecule has 0 aliphatic carbocycles. The number of ether oxygens (including phenoxy) is 5. The van der Waals surface area contributed by atoms with Crippen LogP contribution in [0.15, 0.2) is 42.5 Å². The van der Waals surface area contributed by atoms with Crippen LogP contribution in [-0.2, 0) is 24.4 Å². The molecule has 32 heavy (non-hydrogen) atoms. The highest BCUT2D eigenvalue weighted by molar-refractivity contribution is 5.92. The van der Waals surface area contributed by atoms with E-state index < -0.39 is 0 Å². The predicted molar refractivity (Wildman–Crippen MR) is 113 cm³/mol. The Bertz CT molecular complexity index is 1160. The van der Waals surface area contributed by atoms with E-state index in [1.54, 1.807) is 26.4 Å². The minimum Gasteiger partial charge on any atom is -0.497 e. The van der Waals surface area contributed by atoms with Crippen LogP contribution < -0.4 is 24.3 Å². The summed E-state index contributed by atoms with van der Waals surface area (Å²) in [6.07, 6.45) is -0.184. The van der Waals surface area contributed by atoms with Crippen molar-refractivity contribution in [2.45, 2.75) is 25.8 Å². The van der Waals surface area contributed by atoms with E-state index in [2.05, 4.69) is 10.4 Å². The van der Waals surface area contributed by atoms with E-state index >= 15 is 0 Å². The van der Waals surface area contributed by atoms with E-state index in [0.29, 0.717) is 42.6 Å². The lowest BCUT2D eigenvalue weighted by Crippen LogP contribution is -2.24. The molecule has 1 amide bonds. The van der Waals surface area contributed by atoms with Gasteiger partial charge in [0.2, 0.25) is 6.79 Å². The SMILES string of the molecule is COc1ccc(CNC(=O)c2cc3n(n2)CC(c2ccc4c(c2)OCO4)OC3)c(OC)c1. The zero-order chi connectivity index (χ0) is 22.1. The largest absolute Gasteiger partial charge is 0.497 e. The molecule has 1 atom stereocenters. The van der Waals surface area contributed by atoms with Gasteiger partial charge >= 0.3 is 0 Å². The van der Waals surface area contributed by atoms with Crippen molar-refractivity contribution in [3.63, 3.8) is 0 Å². The first-order valence-corrected chi connectivity index (χ1v) is 10.2. The number of hydrogen-bond donors (Lipinski definition) is 1. The first-order valence-electron chi connectivity index (χ1n) is 10.2. The minimum absolute atomic E-state index is 0.184. The van der Waals surface area contributed by atoms with E-state index in [-0.39, 0.29) is 18.8 Å². The molecule has 1 unspecified atom stereocenters. The summed E-state index contributed by atoms with van der Waals surface area (Å²) < 4.78 is 29.3. The number of amides is 1. The summed E-state index contributed by atoms with van der Waals surface area (Å²) in [5.74, 6) is 2.53. The zero-order valence-corrected chi connectivity index (χ0v) is 17.8. The fraction of sp³-hybridized carbons (Fsp3) is 0.304. The first-order chi connectivity index (χ1) is 15.6. The van der Waals surface area contributed by atoms with Crippen LogP contribution >= 0.6 is 0 Å². The van der Waals surface area contributed by atoms with Crippen molar-refractivity contribution in [1.29, 1.82) is 0 Å². The van der Waals surface area contributed by atoms with Gasteiger partial charge in [-0.05, 0) is 35.9 Å². The Morgan fingerprint density at radius 1 is 1.12 bits per heavy atom. The summed E-state index contributed by atoms with van der Waals surface area (Å²) in [6, 6.07) is 13.0. The topological polar surface area (TPSA) is 93.1 Å². The summed E-state index contributed by atoms with van der Waals surface area (Å²) in [5, 5.41) is 7.40. The summed E-state index contributed by atoms with van der Waals surface area (Å²) in [4.78, 5) is 12.7. The van der Waals surface area contributed by atoms with Gasteiger partial charge in [0.05, 0.1) is 33.1 Å². The van der Waals surface area contributed by atoms with Gasteiger partial charge in [-0.15, -0.1) is 0 Å². The second-order valence-corrected chi connectivity index (χ2v) is 7.48. The van der Waals surface area contributed by atoms with E-state index in [1.165, 1.54) is 0 Å². The molecule has 1 N–H and O–H groups in total. The quantitative estimate of drug-likeness (QED) is 0.634. The molecular formula is C23H23N3O6. The standard InChI is InChI=1S/C23H23N3O6/c1-28-17-5-3-15(20(9-17)29-2)10-24-23(27)18-8-16-12-30-22(11-26(16)25-18)14-4-6-19-21(7-14)32-13-31-19/h3-9,22H,10-13H2,1-2H3,(H,24,27). The van der Waals surface area contributed by atoms with Crippen molar-refractivity contribution >= 4 is 5.91 Å². The van der Waals surface area contributed by atoms with Crippen LogP contribution in [0.25, 0.3) is 0 Å².